The van der Waals surface area contributed by atoms with Crippen LogP contribution >= 0.6 is 0 Å². The fraction of sp³-hybridized carbons (Fsp3) is 0.467. The highest BCUT2D eigenvalue weighted by Crippen LogP contribution is 2.25. The zero-order chi connectivity index (χ0) is 17.0. The second-order valence-electron chi connectivity index (χ2n) is 5.19. The van der Waals surface area contributed by atoms with E-state index in [2.05, 4.69) is 5.32 Å². The Bertz CT molecular complexity index is 715. The van der Waals surface area contributed by atoms with Gasteiger partial charge in [-0.25, -0.2) is 13.1 Å². The van der Waals surface area contributed by atoms with Crippen LogP contribution in [0.2, 0.25) is 0 Å². The number of anilines is 1. The van der Waals surface area contributed by atoms with Crippen molar-refractivity contribution in [3.63, 3.8) is 0 Å². The van der Waals surface area contributed by atoms with Crippen molar-refractivity contribution in [2.75, 3.05) is 11.9 Å². The van der Waals surface area contributed by atoms with E-state index in [-0.39, 0.29) is 10.8 Å². The quantitative estimate of drug-likeness (QED) is 0.810. The number of nitrogens with one attached hydrogen (secondary N) is 2. The molecule has 2 N–H and O–H groups in total. The van der Waals surface area contributed by atoms with Crippen LogP contribution in [0.1, 0.15) is 32.3 Å². The van der Waals surface area contributed by atoms with E-state index in [1.54, 1.807) is 13.8 Å². The molecule has 1 unspecified atom stereocenters. The summed E-state index contributed by atoms with van der Waals surface area (Å²) in [4.78, 5) is 23.3. The van der Waals surface area contributed by atoms with Crippen molar-refractivity contribution in [3.8, 4) is 0 Å². The van der Waals surface area contributed by atoms with E-state index in [1.807, 2.05) is 4.72 Å². The van der Waals surface area contributed by atoms with Crippen LogP contribution in [0.15, 0.2) is 23.1 Å². The average Bonchev–Trinajstić information content (AvgIpc) is 2.51. The summed E-state index contributed by atoms with van der Waals surface area (Å²) in [6.45, 7) is 3.81. The number of sulfonamides is 1. The van der Waals surface area contributed by atoms with E-state index in [0.29, 0.717) is 31.6 Å². The van der Waals surface area contributed by atoms with Gasteiger partial charge in [-0.3, -0.25) is 9.59 Å². The molecule has 7 nitrogen and oxygen atoms in total. The lowest BCUT2D eigenvalue weighted by atomic mass is 10.0. The van der Waals surface area contributed by atoms with Gasteiger partial charge in [-0.1, -0.05) is 6.92 Å². The number of carbonyl (C=O) groups excluding carboxylic acids is 2. The highest BCUT2D eigenvalue weighted by atomic mass is 32.2. The van der Waals surface area contributed by atoms with Crippen LogP contribution in [-0.2, 0) is 30.8 Å². The van der Waals surface area contributed by atoms with Crippen molar-refractivity contribution < 1.29 is 22.7 Å². The number of amides is 2. The summed E-state index contributed by atoms with van der Waals surface area (Å²) in [5.41, 5.74) is 1.34. The summed E-state index contributed by atoms with van der Waals surface area (Å²) in [7, 11) is -3.97. The molecule has 1 aliphatic rings. The second-order valence-corrected chi connectivity index (χ2v) is 6.87. The van der Waals surface area contributed by atoms with Crippen molar-refractivity contribution in [2.45, 2.75) is 44.1 Å². The first-order valence-electron chi connectivity index (χ1n) is 7.48. The van der Waals surface area contributed by atoms with Gasteiger partial charge in [0.05, 0.1) is 4.90 Å². The number of ether oxygens (including phenoxy) is 1. The van der Waals surface area contributed by atoms with Gasteiger partial charge < -0.3 is 10.1 Å². The minimum absolute atomic E-state index is 0.00731. The van der Waals surface area contributed by atoms with Crippen molar-refractivity contribution in [1.82, 2.24) is 4.72 Å². The number of aryl methyl sites for hydroxylation is 1. The summed E-state index contributed by atoms with van der Waals surface area (Å²) in [6, 6.07) is 4.37. The molecule has 0 aromatic heterocycles. The van der Waals surface area contributed by atoms with E-state index < -0.39 is 22.0 Å². The van der Waals surface area contributed by atoms with E-state index in [4.69, 9.17) is 4.74 Å². The lowest BCUT2D eigenvalue weighted by Gasteiger charge is -2.18. The van der Waals surface area contributed by atoms with Crippen LogP contribution < -0.4 is 10.0 Å². The molecule has 8 heteroatoms. The third-order valence-electron chi connectivity index (χ3n) is 3.55. The summed E-state index contributed by atoms with van der Waals surface area (Å²) < 4.78 is 31.9. The summed E-state index contributed by atoms with van der Waals surface area (Å²) in [5, 5.41) is 2.68. The molecule has 2 amide bonds. The standard InChI is InChI=1S/C15H20N2O5S/c1-3-13(22-4-2)15(19)17-23(20,21)11-6-7-12-10(9-11)5-8-14(18)16-12/h6-7,9,13H,3-5,8H2,1-2H3,(H,16,18)(H,17,19). The van der Waals surface area contributed by atoms with Gasteiger partial charge >= 0.3 is 0 Å². The molecule has 0 aliphatic carbocycles. The Morgan fingerprint density at radius 1 is 1.35 bits per heavy atom. The monoisotopic (exact) mass is 340 g/mol. The predicted molar refractivity (Wildman–Crippen MR) is 84.4 cm³/mol. The largest absolute Gasteiger partial charge is 0.369 e. The average molecular weight is 340 g/mol. The third-order valence-corrected chi connectivity index (χ3v) is 4.89. The van der Waals surface area contributed by atoms with E-state index in [1.165, 1.54) is 18.2 Å². The maximum atomic E-state index is 12.3. The first-order chi connectivity index (χ1) is 10.9. The molecule has 1 aliphatic heterocycles. The molecule has 2 rings (SSSR count). The van der Waals surface area contributed by atoms with Crippen molar-refractivity contribution >= 4 is 27.5 Å². The van der Waals surface area contributed by atoms with Gasteiger partial charge in [-0.15, -0.1) is 0 Å². The third kappa shape index (κ3) is 4.08. The predicted octanol–water partition coefficient (Wildman–Crippen LogP) is 1.19. The number of hydrogen-bond acceptors (Lipinski definition) is 5. The van der Waals surface area contributed by atoms with E-state index in [0.717, 1.165) is 5.56 Å². The van der Waals surface area contributed by atoms with Gasteiger partial charge in [0.1, 0.15) is 6.10 Å². The van der Waals surface area contributed by atoms with Crippen LogP contribution in [-0.4, -0.2) is 32.9 Å². The molecule has 1 heterocycles. The number of fused-ring (bicyclic) bond motifs is 1. The molecule has 0 spiro atoms. The van der Waals surface area contributed by atoms with Crippen LogP contribution in [0, 0.1) is 0 Å². The van der Waals surface area contributed by atoms with Gasteiger partial charge in [0.15, 0.2) is 0 Å². The maximum absolute atomic E-state index is 12.3. The zero-order valence-electron chi connectivity index (χ0n) is 13.1. The van der Waals surface area contributed by atoms with E-state index >= 15 is 0 Å². The highest BCUT2D eigenvalue weighted by molar-refractivity contribution is 7.90. The topological polar surface area (TPSA) is 102 Å². The van der Waals surface area contributed by atoms with Crippen LogP contribution in [0.5, 0.6) is 0 Å². The van der Waals surface area contributed by atoms with Crippen LogP contribution in [0.3, 0.4) is 0 Å². The Kier molecular flexibility index (Phi) is 5.38. The normalized spacial score (nSPS) is 15.5. The highest BCUT2D eigenvalue weighted by Gasteiger charge is 2.25. The van der Waals surface area contributed by atoms with Crippen molar-refractivity contribution in [1.29, 1.82) is 0 Å². The van der Waals surface area contributed by atoms with Gasteiger partial charge in [-0.05, 0) is 43.5 Å². The fourth-order valence-corrected chi connectivity index (χ4v) is 3.42. The molecule has 0 radical (unpaired) electrons. The molecular formula is C15H20N2O5S. The minimum atomic E-state index is -3.97. The lowest BCUT2D eigenvalue weighted by molar-refractivity contribution is -0.130. The smallest absolute Gasteiger partial charge is 0.264 e. The Hall–Kier alpha value is -1.93. The first-order valence-corrected chi connectivity index (χ1v) is 8.96. The Morgan fingerprint density at radius 3 is 2.74 bits per heavy atom. The Morgan fingerprint density at radius 2 is 2.09 bits per heavy atom. The summed E-state index contributed by atoms with van der Waals surface area (Å²) >= 11 is 0. The van der Waals surface area contributed by atoms with Crippen molar-refractivity contribution in [2.24, 2.45) is 0 Å². The van der Waals surface area contributed by atoms with Crippen LogP contribution in [0.4, 0.5) is 5.69 Å². The Balaban J connectivity index is 2.20. The minimum Gasteiger partial charge on any atom is -0.369 e. The van der Waals surface area contributed by atoms with E-state index in [9.17, 15) is 18.0 Å². The number of carbonyl (C=O) groups is 2. The zero-order valence-corrected chi connectivity index (χ0v) is 13.9. The van der Waals surface area contributed by atoms with Crippen LogP contribution in [0.25, 0.3) is 0 Å². The Labute approximate surface area is 135 Å². The molecule has 0 bridgehead atoms. The molecule has 126 valence electrons. The molecule has 0 fully saturated rings. The molecular weight excluding hydrogens is 320 g/mol. The van der Waals surface area contributed by atoms with Gasteiger partial charge in [0.2, 0.25) is 5.91 Å². The second kappa shape index (κ2) is 7.10. The van der Waals surface area contributed by atoms with Gasteiger partial charge in [-0.2, -0.15) is 0 Å². The number of rotatable bonds is 6. The maximum Gasteiger partial charge on any atom is 0.264 e. The fourth-order valence-electron chi connectivity index (χ4n) is 2.36. The molecule has 1 atom stereocenters. The number of benzene rings is 1. The van der Waals surface area contributed by atoms with Crippen molar-refractivity contribution in [3.05, 3.63) is 23.8 Å². The van der Waals surface area contributed by atoms with Gasteiger partial charge in [0, 0.05) is 18.7 Å². The molecule has 1 aromatic carbocycles. The molecule has 1 aromatic rings. The molecule has 0 saturated heterocycles. The lowest BCUT2D eigenvalue weighted by Crippen LogP contribution is -2.39. The SMILES string of the molecule is CCOC(CC)C(=O)NS(=O)(=O)c1ccc2c(c1)CCC(=O)N2. The first kappa shape index (κ1) is 17.4. The number of hydrogen-bond donors (Lipinski definition) is 2. The molecule has 23 heavy (non-hydrogen) atoms. The molecule has 0 saturated carbocycles. The summed E-state index contributed by atoms with van der Waals surface area (Å²) in [6.07, 6.45) is 0.359. The summed E-state index contributed by atoms with van der Waals surface area (Å²) in [5.74, 6) is -0.774. The van der Waals surface area contributed by atoms with Gasteiger partial charge in [0.25, 0.3) is 15.9 Å².